The summed E-state index contributed by atoms with van der Waals surface area (Å²) in [5.41, 5.74) is 2.05. The summed E-state index contributed by atoms with van der Waals surface area (Å²) in [6, 6.07) is 10.9. The summed E-state index contributed by atoms with van der Waals surface area (Å²) < 4.78 is 41.9. The predicted molar refractivity (Wildman–Crippen MR) is 100 cm³/mol. The molecule has 1 aromatic carbocycles. The Labute approximate surface area is 168 Å². The predicted octanol–water partition coefficient (Wildman–Crippen LogP) is 4.27. The second-order valence-corrected chi connectivity index (χ2v) is 7.38. The number of fused-ring (bicyclic) bond motifs is 1. The van der Waals surface area contributed by atoms with Crippen molar-refractivity contribution < 1.29 is 13.2 Å². The molecule has 150 valence electrons. The Morgan fingerprint density at radius 2 is 1.86 bits per heavy atom. The third-order valence-electron chi connectivity index (χ3n) is 4.13. The van der Waals surface area contributed by atoms with Gasteiger partial charge in [-0.15, -0.1) is 20.4 Å². The third-order valence-corrected chi connectivity index (χ3v) is 5.04. The quantitative estimate of drug-likeness (QED) is 0.481. The van der Waals surface area contributed by atoms with Crippen LogP contribution in [0.25, 0.3) is 17.0 Å². The highest BCUT2D eigenvalue weighted by Gasteiger charge is 2.37. The van der Waals surface area contributed by atoms with E-state index in [1.807, 2.05) is 42.7 Å². The molecular weight excluding hydrogens is 403 g/mol. The molecule has 4 aromatic rings. The van der Waals surface area contributed by atoms with Gasteiger partial charge < -0.3 is 4.57 Å². The lowest BCUT2D eigenvalue weighted by Gasteiger charge is -2.09. The largest absolute Gasteiger partial charge is 0.453 e. The van der Waals surface area contributed by atoms with Gasteiger partial charge >= 0.3 is 6.18 Å². The molecule has 0 spiro atoms. The standard InChI is InChI=1S/C18H16F3N7S/c1-3-9-27-15(12-6-4-5-11(2)10-12)23-25-17(27)29-14-8-7-13-22-24-16(18(19,20)21)28(13)26-14/h4-8,10H,3,9H2,1-2H3. The molecular formula is C18H16F3N7S. The van der Waals surface area contributed by atoms with Gasteiger partial charge in [0.25, 0.3) is 5.82 Å². The van der Waals surface area contributed by atoms with Crippen molar-refractivity contribution in [3.63, 3.8) is 0 Å². The smallest absolute Gasteiger partial charge is 0.302 e. The maximum atomic E-state index is 13.1. The van der Waals surface area contributed by atoms with Crippen LogP contribution in [0.4, 0.5) is 13.2 Å². The fourth-order valence-electron chi connectivity index (χ4n) is 2.88. The Morgan fingerprint density at radius 3 is 2.59 bits per heavy atom. The van der Waals surface area contributed by atoms with Crippen LogP contribution in [0.2, 0.25) is 0 Å². The van der Waals surface area contributed by atoms with Gasteiger partial charge in [0.2, 0.25) is 0 Å². The maximum absolute atomic E-state index is 13.1. The summed E-state index contributed by atoms with van der Waals surface area (Å²) in [7, 11) is 0. The van der Waals surface area contributed by atoms with Crippen LogP contribution >= 0.6 is 11.8 Å². The lowest BCUT2D eigenvalue weighted by molar-refractivity contribution is -0.146. The molecule has 11 heteroatoms. The van der Waals surface area contributed by atoms with Crippen molar-refractivity contribution in [2.45, 2.75) is 43.2 Å². The summed E-state index contributed by atoms with van der Waals surface area (Å²) in [4.78, 5) is 0. The van der Waals surface area contributed by atoms with Crippen LogP contribution in [0.15, 0.2) is 46.6 Å². The first-order valence-corrected chi connectivity index (χ1v) is 9.66. The Hall–Kier alpha value is -2.95. The molecule has 3 aromatic heterocycles. The molecule has 0 saturated carbocycles. The van der Waals surface area contributed by atoms with E-state index in [2.05, 4.69) is 25.5 Å². The van der Waals surface area contributed by atoms with Gasteiger partial charge in [0.15, 0.2) is 16.6 Å². The number of alkyl halides is 3. The number of halogens is 3. The van der Waals surface area contributed by atoms with Crippen LogP contribution < -0.4 is 0 Å². The van der Waals surface area contributed by atoms with E-state index in [1.165, 1.54) is 6.07 Å². The highest BCUT2D eigenvalue weighted by atomic mass is 32.2. The number of rotatable bonds is 5. The van der Waals surface area contributed by atoms with Crippen molar-refractivity contribution >= 4 is 17.4 Å². The second-order valence-electron chi connectivity index (χ2n) is 6.39. The van der Waals surface area contributed by atoms with E-state index < -0.39 is 12.0 Å². The van der Waals surface area contributed by atoms with Gasteiger partial charge in [-0.1, -0.05) is 30.7 Å². The zero-order chi connectivity index (χ0) is 20.6. The lowest BCUT2D eigenvalue weighted by atomic mass is 10.1. The zero-order valence-electron chi connectivity index (χ0n) is 15.6. The van der Waals surface area contributed by atoms with Crippen molar-refractivity contribution in [3.8, 4) is 11.4 Å². The minimum Gasteiger partial charge on any atom is -0.302 e. The first-order valence-electron chi connectivity index (χ1n) is 8.84. The summed E-state index contributed by atoms with van der Waals surface area (Å²) in [5, 5.41) is 20.2. The zero-order valence-corrected chi connectivity index (χ0v) is 16.4. The molecule has 3 heterocycles. The Kier molecular flexibility index (Phi) is 4.99. The minimum absolute atomic E-state index is 0.0251. The van der Waals surface area contributed by atoms with E-state index in [-0.39, 0.29) is 5.65 Å². The van der Waals surface area contributed by atoms with Crippen molar-refractivity contribution in [1.82, 2.24) is 34.6 Å². The van der Waals surface area contributed by atoms with Crippen molar-refractivity contribution in [2.24, 2.45) is 0 Å². The van der Waals surface area contributed by atoms with Crippen LogP contribution in [-0.2, 0) is 12.7 Å². The second kappa shape index (κ2) is 7.47. The topological polar surface area (TPSA) is 73.8 Å². The van der Waals surface area contributed by atoms with Crippen LogP contribution in [0, 0.1) is 6.92 Å². The highest BCUT2D eigenvalue weighted by molar-refractivity contribution is 7.99. The number of nitrogens with zero attached hydrogens (tertiary/aromatic N) is 7. The summed E-state index contributed by atoms with van der Waals surface area (Å²) in [6.45, 7) is 4.70. The summed E-state index contributed by atoms with van der Waals surface area (Å²) >= 11 is 1.15. The Bertz CT molecular complexity index is 1170. The number of aromatic nitrogens is 7. The van der Waals surface area contributed by atoms with E-state index in [1.54, 1.807) is 6.07 Å². The molecule has 0 N–H and O–H groups in total. The van der Waals surface area contributed by atoms with E-state index in [0.29, 0.717) is 27.1 Å². The van der Waals surface area contributed by atoms with Gasteiger partial charge in [0.05, 0.1) is 0 Å². The first kappa shape index (κ1) is 19.4. The van der Waals surface area contributed by atoms with E-state index in [9.17, 15) is 13.2 Å². The van der Waals surface area contributed by atoms with Crippen LogP contribution in [0.1, 0.15) is 24.7 Å². The van der Waals surface area contributed by atoms with E-state index in [0.717, 1.165) is 29.3 Å². The van der Waals surface area contributed by atoms with Gasteiger partial charge in [0, 0.05) is 12.1 Å². The first-order chi connectivity index (χ1) is 13.9. The number of benzene rings is 1. The molecule has 0 atom stereocenters. The third kappa shape index (κ3) is 3.82. The van der Waals surface area contributed by atoms with Gasteiger partial charge in [-0.05, 0) is 43.3 Å². The fourth-order valence-corrected chi connectivity index (χ4v) is 3.70. The average Bonchev–Trinajstić information content (AvgIpc) is 3.26. The van der Waals surface area contributed by atoms with Crippen LogP contribution in [0.3, 0.4) is 0 Å². The van der Waals surface area contributed by atoms with E-state index in [4.69, 9.17) is 0 Å². The van der Waals surface area contributed by atoms with Gasteiger partial charge in [-0.3, -0.25) is 0 Å². The Balaban J connectivity index is 1.73. The number of hydrogen-bond acceptors (Lipinski definition) is 6. The molecule has 0 radical (unpaired) electrons. The molecule has 7 nitrogen and oxygen atoms in total. The average molecular weight is 419 g/mol. The number of aryl methyl sites for hydroxylation is 1. The molecule has 0 unspecified atom stereocenters. The van der Waals surface area contributed by atoms with E-state index >= 15 is 0 Å². The monoisotopic (exact) mass is 419 g/mol. The molecule has 0 aliphatic heterocycles. The highest BCUT2D eigenvalue weighted by Crippen LogP contribution is 2.31. The summed E-state index contributed by atoms with van der Waals surface area (Å²) in [6.07, 6.45) is -3.79. The van der Waals surface area contributed by atoms with Gasteiger partial charge in [-0.2, -0.15) is 22.8 Å². The molecule has 0 fully saturated rings. The maximum Gasteiger partial charge on any atom is 0.453 e. The molecule has 0 saturated heterocycles. The molecule has 0 aliphatic rings. The molecule has 0 bridgehead atoms. The van der Waals surface area contributed by atoms with Crippen molar-refractivity contribution in [2.75, 3.05) is 0 Å². The summed E-state index contributed by atoms with van der Waals surface area (Å²) in [5.74, 6) is -0.454. The van der Waals surface area contributed by atoms with Crippen molar-refractivity contribution in [1.29, 1.82) is 0 Å². The molecule has 4 rings (SSSR count). The fraction of sp³-hybridized carbons (Fsp3) is 0.278. The normalized spacial score (nSPS) is 12.0. The van der Waals surface area contributed by atoms with Gasteiger partial charge in [0.1, 0.15) is 5.03 Å². The molecule has 0 amide bonds. The van der Waals surface area contributed by atoms with Gasteiger partial charge in [-0.25, -0.2) is 0 Å². The number of hydrogen-bond donors (Lipinski definition) is 0. The molecule has 29 heavy (non-hydrogen) atoms. The lowest BCUT2D eigenvalue weighted by Crippen LogP contribution is -2.12. The SMILES string of the molecule is CCCn1c(Sc2ccc3nnc(C(F)(F)F)n3n2)nnc1-c1cccc(C)c1. The minimum atomic E-state index is -4.64. The van der Waals surface area contributed by atoms with Crippen LogP contribution in [-0.4, -0.2) is 34.6 Å². The van der Waals surface area contributed by atoms with Crippen molar-refractivity contribution in [3.05, 3.63) is 47.8 Å². The van der Waals surface area contributed by atoms with Crippen LogP contribution in [0.5, 0.6) is 0 Å². The Morgan fingerprint density at radius 1 is 1.03 bits per heavy atom. The molecule has 0 aliphatic carbocycles.